The molecule has 1 aromatic heterocycles. The lowest BCUT2D eigenvalue weighted by molar-refractivity contribution is -0.453. The summed E-state index contributed by atoms with van der Waals surface area (Å²) in [6.07, 6.45) is 3.35. The van der Waals surface area contributed by atoms with Crippen LogP contribution < -0.4 is 0 Å². The molecule has 0 unspecified atom stereocenters. The fourth-order valence-corrected chi connectivity index (χ4v) is 1.49. The van der Waals surface area contributed by atoms with Crippen molar-refractivity contribution in [1.82, 2.24) is 9.97 Å². The second-order valence-corrected chi connectivity index (χ2v) is 3.28. The molecule has 2 aromatic rings. The molecule has 4 heteroatoms. The molecule has 1 heterocycles. The van der Waals surface area contributed by atoms with Gasteiger partial charge in [-0.1, -0.05) is 30.3 Å². The van der Waals surface area contributed by atoms with Crippen molar-refractivity contribution < 1.29 is 4.58 Å². The fourth-order valence-electron chi connectivity index (χ4n) is 1.33. The van der Waals surface area contributed by atoms with E-state index in [1.807, 2.05) is 22.8 Å². The molecule has 0 amide bonds. The summed E-state index contributed by atoms with van der Waals surface area (Å²) < 4.78 is 1.82. The van der Waals surface area contributed by atoms with Gasteiger partial charge < -0.3 is 0 Å². The highest BCUT2D eigenvalue weighted by atomic mass is 32.1. The fraction of sp³-hybridized carbons (Fsp3) is 0.0909. The Balaban J connectivity index is 2.22. The van der Waals surface area contributed by atoms with Crippen LogP contribution in [0, 0.1) is 0 Å². The van der Waals surface area contributed by atoms with E-state index in [0.717, 1.165) is 5.82 Å². The molecule has 0 bridgehead atoms. The molecule has 0 aliphatic rings. The second-order valence-electron chi connectivity index (χ2n) is 3.10. The van der Waals surface area contributed by atoms with Crippen molar-refractivity contribution >= 4 is 23.2 Å². The van der Waals surface area contributed by atoms with Crippen LogP contribution >= 0.6 is 12.2 Å². The summed E-state index contributed by atoms with van der Waals surface area (Å²) in [5.41, 5.74) is 1.18. The van der Waals surface area contributed by atoms with Gasteiger partial charge in [-0.05, 0) is 5.56 Å². The highest BCUT2D eigenvalue weighted by Crippen LogP contribution is 2.08. The van der Waals surface area contributed by atoms with E-state index in [2.05, 4.69) is 27.3 Å². The average Bonchev–Trinajstić information content (AvgIpc) is 2.81. The maximum Gasteiger partial charge on any atom is 0.308 e. The van der Waals surface area contributed by atoms with E-state index in [1.54, 1.807) is 12.5 Å². The summed E-state index contributed by atoms with van der Waals surface area (Å²) in [7, 11) is 0. The molecule has 0 aliphatic carbocycles. The third-order valence-corrected chi connectivity index (χ3v) is 2.29. The standard InChI is InChI=1S/C11H10N3S/c15-9-14(11-6-12-8-13-11)7-10-4-2-1-3-5-10/h1-6,8H,7H2,(H,12,13)/q+1. The number of hydrogen-bond acceptors (Lipinski definition) is 2. The van der Waals surface area contributed by atoms with Crippen molar-refractivity contribution in [2.24, 2.45) is 0 Å². The molecule has 3 nitrogen and oxygen atoms in total. The van der Waals surface area contributed by atoms with E-state index in [9.17, 15) is 0 Å². The molecule has 0 fully saturated rings. The van der Waals surface area contributed by atoms with Crippen LogP contribution in [0.3, 0.4) is 0 Å². The number of isothiocyanates is 1. The average molecular weight is 216 g/mol. The predicted molar refractivity (Wildman–Crippen MR) is 61.3 cm³/mol. The summed E-state index contributed by atoms with van der Waals surface area (Å²) in [6.45, 7) is 0.701. The van der Waals surface area contributed by atoms with Gasteiger partial charge in [-0.25, -0.2) is 9.97 Å². The van der Waals surface area contributed by atoms with Gasteiger partial charge in [0.2, 0.25) is 0 Å². The molecule has 0 saturated heterocycles. The summed E-state index contributed by atoms with van der Waals surface area (Å²) in [6, 6.07) is 10.1. The van der Waals surface area contributed by atoms with Crippen molar-refractivity contribution in [1.29, 1.82) is 0 Å². The number of aromatic nitrogens is 2. The van der Waals surface area contributed by atoms with Crippen molar-refractivity contribution in [3.05, 3.63) is 48.4 Å². The molecule has 0 saturated carbocycles. The number of hydrogen-bond donors (Lipinski definition) is 1. The zero-order valence-electron chi connectivity index (χ0n) is 8.05. The molecule has 0 atom stereocenters. The highest BCUT2D eigenvalue weighted by Gasteiger charge is 2.08. The third-order valence-electron chi connectivity index (χ3n) is 2.07. The number of rotatable bonds is 3. The van der Waals surface area contributed by atoms with Gasteiger partial charge in [0.25, 0.3) is 0 Å². The Morgan fingerprint density at radius 3 is 2.73 bits per heavy atom. The van der Waals surface area contributed by atoms with Crippen molar-refractivity contribution in [2.75, 3.05) is 0 Å². The quantitative estimate of drug-likeness (QED) is 0.485. The zero-order valence-corrected chi connectivity index (χ0v) is 8.87. The Hall–Kier alpha value is -1.77. The molecule has 15 heavy (non-hydrogen) atoms. The maximum absolute atomic E-state index is 4.85. The minimum Gasteiger partial charge on any atom is -0.229 e. The van der Waals surface area contributed by atoms with E-state index in [0.29, 0.717) is 6.54 Å². The summed E-state index contributed by atoms with van der Waals surface area (Å²) >= 11 is 4.85. The van der Waals surface area contributed by atoms with Crippen LogP contribution in [0.15, 0.2) is 42.9 Å². The summed E-state index contributed by atoms with van der Waals surface area (Å²) in [5.74, 6) is 0.855. The number of H-pyrrole nitrogens is 1. The summed E-state index contributed by atoms with van der Waals surface area (Å²) in [5, 5.41) is 2.70. The monoisotopic (exact) mass is 216 g/mol. The highest BCUT2D eigenvalue weighted by molar-refractivity contribution is 7.78. The van der Waals surface area contributed by atoms with Crippen LogP contribution in [0.25, 0.3) is 0 Å². The molecule has 0 spiro atoms. The van der Waals surface area contributed by atoms with Gasteiger partial charge >= 0.3 is 5.82 Å². The Bertz CT molecular complexity index is 470. The zero-order chi connectivity index (χ0) is 10.5. The maximum atomic E-state index is 4.85. The molecule has 1 aromatic carbocycles. The first-order valence-electron chi connectivity index (χ1n) is 4.58. The predicted octanol–water partition coefficient (Wildman–Crippen LogP) is 2.36. The van der Waals surface area contributed by atoms with Crippen LogP contribution in [0.4, 0.5) is 5.82 Å². The molecular formula is C11H10N3S+. The lowest BCUT2D eigenvalue weighted by Crippen LogP contribution is -2.03. The third kappa shape index (κ3) is 2.37. The number of thiocarbonyl (C=S) groups is 1. The van der Waals surface area contributed by atoms with Crippen LogP contribution in [0.5, 0.6) is 0 Å². The van der Waals surface area contributed by atoms with E-state index >= 15 is 0 Å². The van der Waals surface area contributed by atoms with Crippen LogP contribution in [-0.4, -0.2) is 19.7 Å². The van der Waals surface area contributed by atoms with Gasteiger partial charge in [0.05, 0.1) is 0 Å². The Labute approximate surface area is 93.1 Å². The van der Waals surface area contributed by atoms with Gasteiger partial charge in [-0.3, -0.25) is 0 Å². The minimum absolute atomic E-state index is 0.701. The number of nitrogens with one attached hydrogen (secondary N) is 1. The van der Waals surface area contributed by atoms with Gasteiger partial charge in [0, 0.05) is 12.2 Å². The van der Waals surface area contributed by atoms with Crippen LogP contribution in [0.2, 0.25) is 0 Å². The minimum atomic E-state index is 0.701. The SMILES string of the molecule is S=C=[N+](Cc1ccccc1)c1cnc[nH]1. The normalized spacial score (nSPS) is 9.60. The first-order valence-corrected chi connectivity index (χ1v) is 4.98. The van der Waals surface area contributed by atoms with Crippen LogP contribution in [-0.2, 0) is 6.54 Å². The Kier molecular flexibility index (Phi) is 3.02. The number of imidazole rings is 1. The molecule has 0 radical (unpaired) electrons. The van der Waals surface area contributed by atoms with Gasteiger partial charge in [-0.2, -0.15) is 4.58 Å². The van der Waals surface area contributed by atoms with Gasteiger partial charge in [-0.15, -0.1) is 0 Å². The van der Waals surface area contributed by atoms with Gasteiger partial charge in [0.1, 0.15) is 12.7 Å². The number of benzene rings is 1. The lowest BCUT2D eigenvalue weighted by Gasteiger charge is -1.99. The Morgan fingerprint density at radius 2 is 2.13 bits per heavy atom. The second kappa shape index (κ2) is 4.64. The molecular weight excluding hydrogens is 206 g/mol. The largest absolute Gasteiger partial charge is 0.308 e. The smallest absolute Gasteiger partial charge is 0.229 e. The number of aromatic amines is 1. The van der Waals surface area contributed by atoms with Gasteiger partial charge in [0.15, 0.2) is 11.5 Å². The topological polar surface area (TPSA) is 31.7 Å². The van der Waals surface area contributed by atoms with Crippen molar-refractivity contribution in [3.63, 3.8) is 0 Å². The molecule has 2 rings (SSSR count). The van der Waals surface area contributed by atoms with E-state index < -0.39 is 0 Å². The molecule has 74 valence electrons. The molecule has 0 aliphatic heterocycles. The van der Waals surface area contributed by atoms with E-state index in [4.69, 9.17) is 12.2 Å². The summed E-state index contributed by atoms with van der Waals surface area (Å²) in [4.78, 5) is 6.94. The van der Waals surface area contributed by atoms with Crippen LogP contribution in [0.1, 0.15) is 5.56 Å². The van der Waals surface area contributed by atoms with Crippen molar-refractivity contribution in [2.45, 2.75) is 6.54 Å². The van der Waals surface area contributed by atoms with Crippen molar-refractivity contribution in [3.8, 4) is 0 Å². The lowest BCUT2D eigenvalue weighted by atomic mass is 10.2. The van der Waals surface area contributed by atoms with E-state index in [1.165, 1.54) is 5.56 Å². The first kappa shape index (κ1) is 9.77. The molecule has 1 N–H and O–H groups in total. The first-order chi connectivity index (χ1) is 7.40. The number of nitrogens with zero attached hydrogens (tertiary/aromatic N) is 2. The Morgan fingerprint density at radius 1 is 1.33 bits per heavy atom. The van der Waals surface area contributed by atoms with E-state index in [-0.39, 0.29) is 0 Å².